The van der Waals surface area contributed by atoms with Crippen LogP contribution >= 0.6 is 0 Å². The standard InChI is InChI=1S/C23H24N6O5/c1-2-34-22(29-12-4-6-18(21(29)31)27-17-5-3-11-25-14-17)20(30)26-13-15-7-9-16(10-8-15)19(24)28-23(32)33/h3-12,14,22,27H,2,13H2,1H3,(H2,24,28)(H,26,30)(H,32,33). The molecule has 1 aromatic carbocycles. The van der Waals surface area contributed by atoms with Crippen molar-refractivity contribution in [3.8, 4) is 0 Å². The predicted molar refractivity (Wildman–Crippen MR) is 126 cm³/mol. The van der Waals surface area contributed by atoms with Crippen LogP contribution in [0, 0.1) is 0 Å². The van der Waals surface area contributed by atoms with Gasteiger partial charge in [-0.1, -0.05) is 24.3 Å². The van der Waals surface area contributed by atoms with Crippen molar-refractivity contribution >= 4 is 29.2 Å². The summed E-state index contributed by atoms with van der Waals surface area (Å²) in [7, 11) is 0. The van der Waals surface area contributed by atoms with Gasteiger partial charge in [-0.3, -0.25) is 19.1 Å². The summed E-state index contributed by atoms with van der Waals surface area (Å²) >= 11 is 0. The van der Waals surface area contributed by atoms with E-state index in [9.17, 15) is 14.4 Å². The Bertz CT molecular complexity index is 1220. The normalized spacial score (nSPS) is 12.1. The van der Waals surface area contributed by atoms with Crippen molar-refractivity contribution in [1.82, 2.24) is 14.9 Å². The van der Waals surface area contributed by atoms with Crippen molar-refractivity contribution in [3.63, 3.8) is 0 Å². The van der Waals surface area contributed by atoms with Crippen LogP contribution in [0.25, 0.3) is 0 Å². The van der Waals surface area contributed by atoms with Crippen molar-refractivity contribution < 1.29 is 19.4 Å². The first-order chi connectivity index (χ1) is 16.4. The summed E-state index contributed by atoms with van der Waals surface area (Å²) in [6, 6.07) is 13.3. The van der Waals surface area contributed by atoms with Gasteiger partial charge >= 0.3 is 6.09 Å². The second-order valence-corrected chi connectivity index (χ2v) is 7.00. The molecule has 0 saturated heterocycles. The van der Waals surface area contributed by atoms with E-state index in [-0.39, 0.29) is 24.7 Å². The SMILES string of the molecule is CCOC(C(=O)NCc1ccc(/C(N)=N/C(=O)O)cc1)n1cccc(Nc2cccnc2)c1=O. The number of hydrogen-bond donors (Lipinski definition) is 4. The van der Waals surface area contributed by atoms with E-state index in [1.807, 2.05) is 0 Å². The summed E-state index contributed by atoms with van der Waals surface area (Å²) in [5.41, 5.74) is 7.26. The average molecular weight is 464 g/mol. The molecule has 2 heterocycles. The van der Waals surface area contributed by atoms with Gasteiger partial charge in [0.15, 0.2) is 0 Å². The van der Waals surface area contributed by atoms with Crippen LogP contribution in [0.3, 0.4) is 0 Å². The van der Waals surface area contributed by atoms with Gasteiger partial charge in [0.1, 0.15) is 11.5 Å². The monoisotopic (exact) mass is 464 g/mol. The van der Waals surface area contributed by atoms with E-state index >= 15 is 0 Å². The maximum Gasteiger partial charge on any atom is 0.433 e. The number of rotatable bonds is 9. The number of aliphatic imine (C=N–C) groups is 1. The third-order valence-electron chi connectivity index (χ3n) is 4.65. The van der Waals surface area contributed by atoms with E-state index in [0.29, 0.717) is 11.3 Å². The molecule has 0 spiro atoms. The Kier molecular flexibility index (Phi) is 8.08. The highest BCUT2D eigenvalue weighted by Gasteiger charge is 2.22. The number of carbonyl (C=O) groups excluding carboxylic acids is 1. The molecule has 0 aliphatic heterocycles. The molecule has 11 heteroatoms. The molecule has 2 aromatic heterocycles. The lowest BCUT2D eigenvalue weighted by Crippen LogP contribution is -2.38. The first-order valence-electron chi connectivity index (χ1n) is 10.3. The van der Waals surface area contributed by atoms with Crippen molar-refractivity contribution in [1.29, 1.82) is 0 Å². The molecule has 11 nitrogen and oxygen atoms in total. The molecule has 1 atom stereocenters. The minimum Gasteiger partial charge on any atom is -0.463 e. The van der Waals surface area contributed by atoms with Crippen LogP contribution in [-0.4, -0.2) is 39.1 Å². The third kappa shape index (κ3) is 6.26. The molecule has 0 fully saturated rings. The summed E-state index contributed by atoms with van der Waals surface area (Å²) < 4.78 is 6.79. The Morgan fingerprint density at radius 3 is 2.62 bits per heavy atom. The number of ether oxygens (including phenoxy) is 1. The number of amidine groups is 1. The molecule has 1 unspecified atom stereocenters. The first-order valence-corrected chi connectivity index (χ1v) is 10.3. The molecule has 3 aromatic rings. The summed E-state index contributed by atoms with van der Waals surface area (Å²) in [6.07, 6.45) is 2.12. The Hall–Kier alpha value is -4.51. The molecule has 34 heavy (non-hydrogen) atoms. The summed E-state index contributed by atoms with van der Waals surface area (Å²) in [5, 5.41) is 14.4. The number of carboxylic acid groups (broad SMARTS) is 1. The van der Waals surface area contributed by atoms with Gasteiger partial charge in [0.05, 0.1) is 11.9 Å². The molecule has 3 rings (SSSR count). The van der Waals surface area contributed by atoms with Gasteiger partial charge in [0.2, 0.25) is 6.23 Å². The number of hydrogen-bond acceptors (Lipinski definition) is 6. The molecule has 0 saturated carbocycles. The fraction of sp³-hybridized carbons (Fsp3) is 0.174. The van der Waals surface area contributed by atoms with Crippen molar-refractivity contribution in [3.05, 3.63) is 88.6 Å². The van der Waals surface area contributed by atoms with Crippen LogP contribution in [0.2, 0.25) is 0 Å². The number of carbonyl (C=O) groups is 2. The molecule has 176 valence electrons. The second kappa shape index (κ2) is 11.4. The quantitative estimate of drug-likeness (QED) is 0.277. The summed E-state index contributed by atoms with van der Waals surface area (Å²) in [4.78, 5) is 43.8. The van der Waals surface area contributed by atoms with Gasteiger partial charge in [-0.15, -0.1) is 0 Å². The Balaban J connectivity index is 1.73. The van der Waals surface area contributed by atoms with E-state index < -0.39 is 23.8 Å². The number of nitrogens with zero attached hydrogens (tertiary/aromatic N) is 3. The number of amides is 2. The Labute approximate surface area is 194 Å². The van der Waals surface area contributed by atoms with Gasteiger partial charge in [0, 0.05) is 31.1 Å². The highest BCUT2D eigenvalue weighted by atomic mass is 16.5. The average Bonchev–Trinajstić information content (AvgIpc) is 2.83. The maximum absolute atomic E-state index is 13.0. The van der Waals surface area contributed by atoms with E-state index in [1.54, 1.807) is 67.8 Å². The van der Waals surface area contributed by atoms with Gasteiger partial charge < -0.3 is 26.2 Å². The van der Waals surface area contributed by atoms with Gasteiger partial charge in [-0.2, -0.15) is 4.99 Å². The number of pyridine rings is 2. The molecular formula is C23H24N6O5. The third-order valence-corrected chi connectivity index (χ3v) is 4.65. The Morgan fingerprint density at radius 1 is 1.21 bits per heavy atom. The van der Waals surface area contributed by atoms with Crippen LogP contribution in [0.1, 0.15) is 24.3 Å². The maximum atomic E-state index is 13.0. The Morgan fingerprint density at radius 2 is 1.97 bits per heavy atom. The molecule has 0 aliphatic rings. The zero-order valence-corrected chi connectivity index (χ0v) is 18.3. The minimum atomic E-state index is -1.38. The molecule has 0 radical (unpaired) electrons. The number of anilines is 2. The van der Waals surface area contributed by atoms with Crippen LogP contribution in [0.15, 0.2) is 76.9 Å². The second-order valence-electron chi connectivity index (χ2n) is 7.00. The molecular weight excluding hydrogens is 440 g/mol. The lowest BCUT2D eigenvalue weighted by molar-refractivity contribution is -0.139. The highest BCUT2D eigenvalue weighted by Crippen LogP contribution is 2.14. The number of aromatic nitrogens is 2. The van der Waals surface area contributed by atoms with Crippen molar-refractivity contribution in [2.45, 2.75) is 19.7 Å². The van der Waals surface area contributed by atoms with E-state index in [4.69, 9.17) is 15.6 Å². The number of nitrogens with one attached hydrogen (secondary N) is 2. The van der Waals surface area contributed by atoms with Crippen LogP contribution in [0.5, 0.6) is 0 Å². The number of benzene rings is 1. The van der Waals surface area contributed by atoms with Crippen molar-refractivity contribution in [2.75, 3.05) is 11.9 Å². The summed E-state index contributed by atoms with van der Waals surface area (Å²) in [5.74, 6) is -0.628. The highest BCUT2D eigenvalue weighted by molar-refractivity contribution is 6.02. The van der Waals surface area contributed by atoms with Crippen LogP contribution < -0.4 is 21.9 Å². The van der Waals surface area contributed by atoms with Gasteiger partial charge in [0.25, 0.3) is 11.5 Å². The fourth-order valence-corrected chi connectivity index (χ4v) is 3.06. The van der Waals surface area contributed by atoms with E-state index in [0.717, 1.165) is 5.56 Å². The molecule has 2 amide bonds. The number of nitrogens with two attached hydrogens (primary N) is 1. The van der Waals surface area contributed by atoms with E-state index in [1.165, 1.54) is 10.8 Å². The first kappa shape index (κ1) is 24.1. The fourth-order valence-electron chi connectivity index (χ4n) is 3.06. The minimum absolute atomic E-state index is 0.126. The largest absolute Gasteiger partial charge is 0.463 e. The molecule has 0 aliphatic carbocycles. The zero-order chi connectivity index (χ0) is 24.5. The van der Waals surface area contributed by atoms with E-state index in [2.05, 4.69) is 20.6 Å². The lowest BCUT2D eigenvalue weighted by atomic mass is 10.1. The topological polar surface area (TPSA) is 161 Å². The smallest absolute Gasteiger partial charge is 0.433 e. The van der Waals surface area contributed by atoms with Crippen molar-refractivity contribution in [2.24, 2.45) is 10.7 Å². The van der Waals surface area contributed by atoms with Gasteiger partial charge in [-0.25, -0.2) is 4.79 Å². The summed E-state index contributed by atoms with van der Waals surface area (Å²) in [6.45, 7) is 2.09. The van der Waals surface area contributed by atoms with Crippen LogP contribution in [0.4, 0.5) is 16.2 Å². The van der Waals surface area contributed by atoms with Crippen LogP contribution in [-0.2, 0) is 16.1 Å². The molecule has 5 N–H and O–H groups in total. The molecule has 0 bridgehead atoms. The van der Waals surface area contributed by atoms with Gasteiger partial charge in [-0.05, 0) is 36.8 Å². The predicted octanol–water partition coefficient (Wildman–Crippen LogP) is 2.22. The zero-order valence-electron chi connectivity index (χ0n) is 18.3. The lowest BCUT2D eigenvalue weighted by Gasteiger charge is -2.20.